The van der Waals surface area contributed by atoms with Crippen molar-refractivity contribution < 1.29 is 4.74 Å². The number of likely N-dealkylation sites (tertiary alicyclic amines) is 1. The molecule has 0 radical (unpaired) electrons. The van der Waals surface area contributed by atoms with E-state index in [0.717, 1.165) is 25.2 Å². The summed E-state index contributed by atoms with van der Waals surface area (Å²) in [5.41, 5.74) is 9.21. The fourth-order valence-corrected chi connectivity index (χ4v) is 2.74. The van der Waals surface area contributed by atoms with E-state index in [2.05, 4.69) is 24.0 Å². The fraction of sp³-hybridized carbons (Fsp3) is 0.533. The van der Waals surface area contributed by atoms with Crippen molar-refractivity contribution in [2.45, 2.75) is 32.4 Å². The highest BCUT2D eigenvalue weighted by Gasteiger charge is 2.19. The molecule has 4 heteroatoms. The van der Waals surface area contributed by atoms with Gasteiger partial charge in [0, 0.05) is 25.8 Å². The number of nitrogens with two attached hydrogens (primary N) is 1. The number of thiocarbonyl (C=S) groups is 1. The fourth-order valence-electron chi connectivity index (χ4n) is 2.62. The maximum atomic E-state index is 5.66. The Morgan fingerprint density at radius 2 is 2.32 bits per heavy atom. The molecule has 19 heavy (non-hydrogen) atoms. The largest absolute Gasteiger partial charge is 0.389 e. The van der Waals surface area contributed by atoms with Gasteiger partial charge in [0.1, 0.15) is 4.99 Å². The molecule has 1 fully saturated rings. The Bertz CT molecular complexity index is 461. The molecule has 0 bridgehead atoms. The average molecular weight is 278 g/mol. The van der Waals surface area contributed by atoms with Gasteiger partial charge in [-0.25, -0.2) is 0 Å². The van der Waals surface area contributed by atoms with Crippen LogP contribution in [0.2, 0.25) is 0 Å². The van der Waals surface area contributed by atoms with Crippen LogP contribution in [0.25, 0.3) is 0 Å². The molecule has 0 aliphatic carbocycles. The molecule has 1 heterocycles. The van der Waals surface area contributed by atoms with E-state index in [1.165, 1.54) is 24.0 Å². The highest BCUT2D eigenvalue weighted by atomic mass is 32.1. The number of rotatable bonds is 4. The van der Waals surface area contributed by atoms with Crippen LogP contribution in [-0.2, 0) is 11.3 Å². The van der Waals surface area contributed by atoms with E-state index in [9.17, 15) is 0 Å². The van der Waals surface area contributed by atoms with Gasteiger partial charge in [-0.3, -0.25) is 4.90 Å². The van der Waals surface area contributed by atoms with Gasteiger partial charge in [0.25, 0.3) is 0 Å². The van der Waals surface area contributed by atoms with Crippen LogP contribution in [0.3, 0.4) is 0 Å². The van der Waals surface area contributed by atoms with Crippen LogP contribution in [-0.4, -0.2) is 36.2 Å². The minimum Gasteiger partial charge on any atom is -0.389 e. The lowest BCUT2D eigenvalue weighted by Crippen LogP contribution is -2.38. The lowest BCUT2D eigenvalue weighted by Gasteiger charge is -2.32. The molecular weight excluding hydrogens is 256 g/mol. The normalized spacial score (nSPS) is 20.4. The van der Waals surface area contributed by atoms with E-state index < -0.39 is 0 Å². The first-order valence-electron chi connectivity index (χ1n) is 6.74. The Morgan fingerprint density at radius 1 is 1.53 bits per heavy atom. The standard InChI is InChI=1S/C15H22N2OS/c1-11-8-12(15(16)19)5-6-13(11)9-17-7-3-4-14(10-17)18-2/h5-6,8,14H,3-4,7,9-10H2,1-2H3,(H2,16,19). The zero-order chi connectivity index (χ0) is 13.8. The third-order valence-electron chi connectivity index (χ3n) is 3.82. The second-order valence-corrected chi connectivity index (χ2v) is 5.68. The van der Waals surface area contributed by atoms with Crippen LogP contribution < -0.4 is 5.73 Å². The van der Waals surface area contributed by atoms with Crippen molar-refractivity contribution in [3.05, 3.63) is 34.9 Å². The minimum absolute atomic E-state index is 0.380. The van der Waals surface area contributed by atoms with Crippen LogP contribution in [0.15, 0.2) is 18.2 Å². The van der Waals surface area contributed by atoms with Crippen molar-refractivity contribution in [2.75, 3.05) is 20.2 Å². The van der Waals surface area contributed by atoms with E-state index >= 15 is 0 Å². The molecule has 0 spiro atoms. The molecule has 1 saturated heterocycles. The minimum atomic E-state index is 0.380. The van der Waals surface area contributed by atoms with Crippen molar-refractivity contribution >= 4 is 17.2 Å². The van der Waals surface area contributed by atoms with Crippen molar-refractivity contribution in [3.8, 4) is 0 Å². The lowest BCUT2D eigenvalue weighted by molar-refractivity contribution is 0.0285. The summed E-state index contributed by atoms with van der Waals surface area (Å²) in [5, 5.41) is 0. The highest BCUT2D eigenvalue weighted by Crippen LogP contribution is 2.18. The summed E-state index contributed by atoms with van der Waals surface area (Å²) in [6.45, 7) is 5.27. The first-order chi connectivity index (χ1) is 9.10. The Labute approximate surface area is 120 Å². The Morgan fingerprint density at radius 3 is 2.95 bits per heavy atom. The SMILES string of the molecule is COC1CCCN(Cc2ccc(C(N)=S)cc2C)C1. The van der Waals surface area contributed by atoms with E-state index in [0.29, 0.717) is 11.1 Å². The maximum Gasteiger partial charge on any atom is 0.103 e. The molecule has 0 saturated carbocycles. The average Bonchev–Trinajstić information content (AvgIpc) is 2.41. The third kappa shape index (κ3) is 3.75. The number of piperidine rings is 1. The number of aryl methyl sites for hydroxylation is 1. The molecule has 0 amide bonds. The van der Waals surface area contributed by atoms with Gasteiger partial charge < -0.3 is 10.5 Å². The number of methoxy groups -OCH3 is 1. The number of ether oxygens (including phenoxy) is 1. The summed E-state index contributed by atoms with van der Waals surface area (Å²) in [4.78, 5) is 2.92. The van der Waals surface area contributed by atoms with Crippen molar-refractivity contribution in [1.29, 1.82) is 0 Å². The van der Waals surface area contributed by atoms with Crippen LogP contribution >= 0.6 is 12.2 Å². The molecule has 2 rings (SSSR count). The van der Waals surface area contributed by atoms with E-state index in [4.69, 9.17) is 22.7 Å². The van der Waals surface area contributed by atoms with Crippen molar-refractivity contribution in [1.82, 2.24) is 4.90 Å². The van der Waals surface area contributed by atoms with Crippen LogP contribution in [0.1, 0.15) is 29.5 Å². The molecular formula is C15H22N2OS. The maximum absolute atomic E-state index is 5.66. The summed E-state index contributed by atoms with van der Waals surface area (Å²) in [7, 11) is 1.80. The number of hydrogen-bond donors (Lipinski definition) is 1. The zero-order valence-electron chi connectivity index (χ0n) is 11.7. The molecule has 1 aliphatic rings. The molecule has 1 aromatic rings. The van der Waals surface area contributed by atoms with Gasteiger partial charge in [-0.15, -0.1) is 0 Å². The monoisotopic (exact) mass is 278 g/mol. The molecule has 1 unspecified atom stereocenters. The van der Waals surface area contributed by atoms with E-state index in [-0.39, 0.29) is 0 Å². The molecule has 1 aliphatic heterocycles. The second-order valence-electron chi connectivity index (χ2n) is 5.24. The number of benzene rings is 1. The molecule has 1 aromatic carbocycles. The van der Waals surface area contributed by atoms with Crippen LogP contribution in [0.5, 0.6) is 0 Å². The van der Waals surface area contributed by atoms with Gasteiger partial charge >= 0.3 is 0 Å². The predicted molar refractivity (Wildman–Crippen MR) is 82.4 cm³/mol. The molecule has 1 atom stereocenters. The van der Waals surface area contributed by atoms with Crippen molar-refractivity contribution in [2.24, 2.45) is 5.73 Å². The number of hydrogen-bond acceptors (Lipinski definition) is 3. The molecule has 3 nitrogen and oxygen atoms in total. The van der Waals surface area contributed by atoms with Gasteiger partial charge in [-0.05, 0) is 43.5 Å². The Kier molecular flexibility index (Phi) is 4.91. The summed E-state index contributed by atoms with van der Waals surface area (Å²) < 4.78 is 5.46. The van der Waals surface area contributed by atoms with Crippen LogP contribution in [0.4, 0.5) is 0 Å². The predicted octanol–water partition coefficient (Wildman–Crippen LogP) is 2.24. The van der Waals surface area contributed by atoms with E-state index in [1.54, 1.807) is 7.11 Å². The first kappa shape index (κ1) is 14.4. The van der Waals surface area contributed by atoms with Crippen molar-refractivity contribution in [3.63, 3.8) is 0 Å². The summed E-state index contributed by atoms with van der Waals surface area (Å²) in [5.74, 6) is 0. The van der Waals surface area contributed by atoms with E-state index in [1.807, 2.05) is 6.07 Å². The van der Waals surface area contributed by atoms with Gasteiger partial charge in [-0.2, -0.15) is 0 Å². The second kappa shape index (κ2) is 6.46. The molecule has 0 aromatic heterocycles. The molecule has 104 valence electrons. The summed E-state index contributed by atoms with van der Waals surface area (Å²) in [6.07, 6.45) is 2.76. The van der Waals surface area contributed by atoms with Gasteiger partial charge in [0.15, 0.2) is 0 Å². The topological polar surface area (TPSA) is 38.5 Å². The summed E-state index contributed by atoms with van der Waals surface area (Å²) >= 11 is 5.01. The molecule has 2 N–H and O–H groups in total. The first-order valence-corrected chi connectivity index (χ1v) is 7.15. The highest BCUT2D eigenvalue weighted by molar-refractivity contribution is 7.80. The van der Waals surface area contributed by atoms with Gasteiger partial charge in [0.2, 0.25) is 0 Å². The summed E-state index contributed by atoms with van der Waals surface area (Å²) in [6, 6.07) is 6.23. The Balaban J connectivity index is 2.04. The lowest BCUT2D eigenvalue weighted by atomic mass is 10.0. The quantitative estimate of drug-likeness (QED) is 0.857. The Hall–Kier alpha value is -0.970. The van der Waals surface area contributed by atoms with Gasteiger partial charge in [-0.1, -0.05) is 24.4 Å². The van der Waals surface area contributed by atoms with Crippen LogP contribution in [0, 0.1) is 6.92 Å². The number of nitrogens with zero attached hydrogens (tertiary/aromatic N) is 1. The van der Waals surface area contributed by atoms with Gasteiger partial charge in [0.05, 0.1) is 6.10 Å². The zero-order valence-corrected chi connectivity index (χ0v) is 12.5. The smallest absolute Gasteiger partial charge is 0.103 e. The third-order valence-corrected chi connectivity index (χ3v) is 4.05.